The molecule has 4 aromatic rings. The number of fused-ring (bicyclic) bond motifs is 3. The minimum atomic E-state index is -0.688. The molecule has 8 rings (SSSR count). The Morgan fingerprint density at radius 3 is 2.39 bits per heavy atom. The molecule has 5 heterocycles. The Labute approximate surface area is 315 Å². The number of imidazole rings is 2. The number of hydrogen-bond donors (Lipinski definition) is 3. The fourth-order valence-electron chi connectivity index (χ4n) is 8.89. The second-order valence-corrected chi connectivity index (χ2v) is 15.9. The van der Waals surface area contributed by atoms with Crippen molar-refractivity contribution in [1.82, 2.24) is 35.1 Å². The quantitative estimate of drug-likeness (QED) is 0.161. The number of H-pyrrole nitrogens is 2. The van der Waals surface area contributed by atoms with Gasteiger partial charge in [-0.25, -0.2) is 14.8 Å². The molecule has 0 spiro atoms. The van der Waals surface area contributed by atoms with Gasteiger partial charge in [0, 0.05) is 48.6 Å². The minimum Gasteiger partial charge on any atom is -0.453 e. The molecule has 2 saturated heterocycles. The van der Waals surface area contributed by atoms with Crippen molar-refractivity contribution in [2.75, 3.05) is 27.0 Å². The predicted molar refractivity (Wildman–Crippen MR) is 201 cm³/mol. The van der Waals surface area contributed by atoms with Gasteiger partial charge in [-0.2, -0.15) is 0 Å². The van der Waals surface area contributed by atoms with Crippen LogP contribution in [0.1, 0.15) is 83.9 Å². The van der Waals surface area contributed by atoms with Crippen LogP contribution in [0.15, 0.2) is 48.8 Å². The zero-order valence-electron chi connectivity index (χ0n) is 31.6. The molecule has 3 amide bonds. The number of methoxy groups -OCH3 is 1. The van der Waals surface area contributed by atoms with Crippen molar-refractivity contribution >= 4 is 17.9 Å². The SMILES string of the molecule is COC(=O)N[C@H](C(=O)N1CC2CCC1(c1nc(-c3ccc(-c4ccc(-c5c[nH]c([C@@H]6CCCN6C(=O)CC(C)C)n5)c5c4OCO5)cc3)c[nH]1)C2)C(C)C. The average molecular weight is 736 g/mol. The average Bonchev–Trinajstić information content (AvgIpc) is 4.01. The normalized spacial score (nSPS) is 22.1. The van der Waals surface area contributed by atoms with E-state index in [0.29, 0.717) is 36.3 Å². The summed E-state index contributed by atoms with van der Waals surface area (Å²) in [5.74, 6) is 3.56. The molecule has 2 bridgehead atoms. The van der Waals surface area contributed by atoms with E-state index in [4.69, 9.17) is 24.2 Å². The number of alkyl carbamates (subject to hydrolysis) is 1. The Morgan fingerprint density at radius 1 is 0.944 bits per heavy atom. The molecule has 54 heavy (non-hydrogen) atoms. The first-order valence-corrected chi connectivity index (χ1v) is 19.2. The lowest BCUT2D eigenvalue weighted by atomic mass is 9.93. The summed E-state index contributed by atoms with van der Waals surface area (Å²) in [6.45, 7) is 9.50. The van der Waals surface area contributed by atoms with Gasteiger partial charge in [-0.1, -0.05) is 52.0 Å². The lowest BCUT2D eigenvalue weighted by molar-refractivity contribution is -0.140. The Kier molecular flexibility index (Phi) is 9.35. The van der Waals surface area contributed by atoms with Crippen molar-refractivity contribution in [1.29, 1.82) is 0 Å². The monoisotopic (exact) mass is 735 g/mol. The summed E-state index contributed by atoms with van der Waals surface area (Å²) < 4.78 is 16.9. The third-order valence-corrected chi connectivity index (χ3v) is 11.6. The molecular formula is C41H49N7O6. The number of likely N-dealkylation sites (tertiary alicyclic amines) is 2. The minimum absolute atomic E-state index is 0.0551. The number of benzene rings is 2. The Morgan fingerprint density at radius 2 is 1.67 bits per heavy atom. The first kappa shape index (κ1) is 35.7. The van der Waals surface area contributed by atoms with Crippen LogP contribution in [0.2, 0.25) is 0 Å². The van der Waals surface area contributed by atoms with E-state index in [9.17, 15) is 14.4 Å². The molecule has 13 nitrogen and oxygen atoms in total. The van der Waals surface area contributed by atoms with Gasteiger partial charge in [-0.3, -0.25) is 9.59 Å². The van der Waals surface area contributed by atoms with Crippen LogP contribution in [0.5, 0.6) is 11.5 Å². The molecule has 4 aliphatic rings. The highest BCUT2D eigenvalue weighted by molar-refractivity contribution is 5.87. The predicted octanol–water partition coefficient (Wildman–Crippen LogP) is 6.79. The maximum absolute atomic E-state index is 13.9. The zero-order valence-corrected chi connectivity index (χ0v) is 31.6. The van der Waals surface area contributed by atoms with Crippen LogP contribution < -0.4 is 14.8 Å². The van der Waals surface area contributed by atoms with Crippen LogP contribution in [0.25, 0.3) is 33.6 Å². The summed E-state index contributed by atoms with van der Waals surface area (Å²) in [7, 11) is 1.31. The highest BCUT2D eigenvalue weighted by Gasteiger charge is 2.56. The highest BCUT2D eigenvalue weighted by Crippen LogP contribution is 2.53. The smallest absolute Gasteiger partial charge is 0.407 e. The van der Waals surface area contributed by atoms with Gasteiger partial charge in [0.25, 0.3) is 0 Å². The van der Waals surface area contributed by atoms with E-state index in [0.717, 1.165) is 83.9 Å². The van der Waals surface area contributed by atoms with Crippen LogP contribution >= 0.6 is 0 Å². The number of carbonyl (C=O) groups excluding carboxylic acids is 3. The van der Waals surface area contributed by atoms with Crippen molar-refractivity contribution in [3.8, 4) is 45.1 Å². The number of hydrogen-bond acceptors (Lipinski definition) is 8. The zero-order chi connectivity index (χ0) is 37.7. The summed E-state index contributed by atoms with van der Waals surface area (Å²) >= 11 is 0. The Hall–Kier alpha value is -5.33. The summed E-state index contributed by atoms with van der Waals surface area (Å²) in [5.41, 5.74) is 4.66. The van der Waals surface area contributed by atoms with E-state index in [1.165, 1.54) is 7.11 Å². The Bertz CT molecular complexity index is 2050. The maximum Gasteiger partial charge on any atom is 0.407 e. The number of piperidine rings is 1. The molecular weight excluding hydrogens is 686 g/mol. The summed E-state index contributed by atoms with van der Waals surface area (Å²) in [6, 6.07) is 11.5. The second-order valence-electron chi connectivity index (χ2n) is 15.9. The van der Waals surface area contributed by atoms with Crippen LogP contribution in [0.3, 0.4) is 0 Å². The number of nitrogens with one attached hydrogen (secondary N) is 3. The number of carbonyl (C=O) groups is 3. The van der Waals surface area contributed by atoms with E-state index in [1.807, 2.05) is 60.3 Å². The Balaban J connectivity index is 1.01. The molecule has 3 fully saturated rings. The first-order valence-electron chi connectivity index (χ1n) is 19.2. The van der Waals surface area contributed by atoms with Crippen molar-refractivity contribution in [2.45, 2.75) is 83.8 Å². The third-order valence-electron chi connectivity index (χ3n) is 11.6. The van der Waals surface area contributed by atoms with Crippen LogP contribution in [0, 0.1) is 17.8 Å². The number of rotatable bonds is 10. The van der Waals surface area contributed by atoms with Crippen LogP contribution in [0.4, 0.5) is 4.79 Å². The summed E-state index contributed by atoms with van der Waals surface area (Å²) in [5, 5.41) is 2.75. The number of ether oxygens (including phenoxy) is 3. The van der Waals surface area contributed by atoms with E-state index >= 15 is 0 Å². The van der Waals surface area contributed by atoms with Gasteiger partial charge in [0.05, 0.1) is 24.5 Å². The molecule has 284 valence electrons. The van der Waals surface area contributed by atoms with Crippen molar-refractivity contribution in [2.24, 2.45) is 17.8 Å². The topological polar surface area (TPSA) is 155 Å². The van der Waals surface area contributed by atoms with Gasteiger partial charge in [0.15, 0.2) is 11.5 Å². The summed E-state index contributed by atoms with van der Waals surface area (Å²) in [6.07, 6.45) is 8.25. The van der Waals surface area contributed by atoms with Gasteiger partial charge in [0.2, 0.25) is 18.6 Å². The van der Waals surface area contributed by atoms with Gasteiger partial charge in [-0.05, 0) is 67.6 Å². The van der Waals surface area contributed by atoms with Crippen LogP contribution in [-0.4, -0.2) is 80.7 Å². The van der Waals surface area contributed by atoms with Gasteiger partial charge >= 0.3 is 6.09 Å². The van der Waals surface area contributed by atoms with E-state index in [-0.39, 0.29) is 30.6 Å². The molecule has 2 aromatic heterocycles. The maximum atomic E-state index is 13.9. The van der Waals surface area contributed by atoms with Gasteiger partial charge < -0.3 is 39.3 Å². The number of nitrogens with zero attached hydrogens (tertiary/aromatic N) is 4. The van der Waals surface area contributed by atoms with Crippen molar-refractivity contribution in [3.63, 3.8) is 0 Å². The second kappa shape index (κ2) is 14.1. The highest BCUT2D eigenvalue weighted by atomic mass is 16.7. The lowest BCUT2D eigenvalue weighted by Crippen LogP contribution is -2.56. The summed E-state index contributed by atoms with van der Waals surface area (Å²) in [4.78, 5) is 59.7. The van der Waals surface area contributed by atoms with E-state index in [2.05, 4.69) is 41.3 Å². The molecule has 13 heteroatoms. The first-order chi connectivity index (χ1) is 26.1. The standard InChI is InChI=1S/C41H49N7O6/c1-23(2)17-33(49)47-16-6-7-32(47)37-42-20-31(44-37)29-13-12-28(35-36(29)54-22-53-35)26-8-10-27(11-9-26)30-19-43-39(45-30)41-15-14-25(18-41)21-48(41)38(50)34(24(3)4)46-40(51)52-5/h8-13,19-20,23-25,32,34H,6-7,14-18,21-22H2,1-5H3,(H,42,44)(H,43,45)(H,46,51)/t25?,32-,34-,41?/m0/s1. The van der Waals surface area contributed by atoms with Gasteiger partial charge in [0.1, 0.15) is 23.2 Å². The van der Waals surface area contributed by atoms with Crippen molar-refractivity contribution < 1.29 is 28.6 Å². The van der Waals surface area contributed by atoms with Crippen LogP contribution in [-0.2, 0) is 19.9 Å². The number of amides is 3. The third kappa shape index (κ3) is 6.26. The molecule has 3 aliphatic heterocycles. The molecule has 2 aromatic carbocycles. The molecule has 1 saturated carbocycles. The van der Waals surface area contributed by atoms with Gasteiger partial charge in [-0.15, -0.1) is 0 Å². The molecule has 0 radical (unpaired) electrons. The molecule has 1 aliphatic carbocycles. The largest absolute Gasteiger partial charge is 0.453 e. The molecule has 3 N–H and O–H groups in total. The number of aromatic nitrogens is 4. The number of aromatic amines is 2. The van der Waals surface area contributed by atoms with E-state index < -0.39 is 17.7 Å². The molecule has 4 atom stereocenters. The molecule has 2 unspecified atom stereocenters. The van der Waals surface area contributed by atoms with E-state index in [1.54, 1.807) is 0 Å². The fraction of sp³-hybridized carbons (Fsp3) is 0.488. The fourth-order valence-corrected chi connectivity index (χ4v) is 8.89. The van der Waals surface area contributed by atoms with Crippen molar-refractivity contribution in [3.05, 3.63) is 60.4 Å². The lowest BCUT2D eigenvalue weighted by Gasteiger charge is -2.40.